The first kappa shape index (κ1) is 15.8. The van der Waals surface area contributed by atoms with Crippen molar-refractivity contribution in [2.45, 2.75) is 44.6 Å². The molecule has 1 N–H and O–H groups in total. The molecule has 1 atom stereocenters. The number of rotatable bonds is 3. The summed E-state index contributed by atoms with van der Waals surface area (Å²) in [7, 11) is 0. The molecular weight excluding hydrogens is 324 g/mol. The average molecular weight is 346 g/mol. The van der Waals surface area contributed by atoms with Crippen LogP contribution in [0, 0.1) is 6.92 Å². The van der Waals surface area contributed by atoms with Gasteiger partial charge < -0.3 is 9.64 Å². The Hall–Kier alpha value is -1.73. The number of ether oxygens (including phenoxy) is 1. The molecule has 2 aromatic heterocycles. The lowest BCUT2D eigenvalue weighted by atomic mass is 9.96. The van der Waals surface area contributed by atoms with Gasteiger partial charge in [0.2, 0.25) is 0 Å². The zero-order valence-electron chi connectivity index (χ0n) is 13.8. The highest BCUT2D eigenvalue weighted by Crippen LogP contribution is 2.34. The van der Waals surface area contributed by atoms with Crippen molar-refractivity contribution in [3.05, 3.63) is 33.5 Å². The lowest BCUT2D eigenvalue weighted by Gasteiger charge is -2.30. The fourth-order valence-electron chi connectivity index (χ4n) is 3.48. The van der Waals surface area contributed by atoms with Crippen LogP contribution in [0.15, 0.2) is 12.1 Å². The molecule has 128 valence electrons. The molecule has 2 aliphatic rings. The Bertz CT molecular complexity index is 712. The second-order valence-corrected chi connectivity index (χ2v) is 7.66. The van der Waals surface area contributed by atoms with Gasteiger partial charge in [0.15, 0.2) is 5.82 Å². The van der Waals surface area contributed by atoms with Gasteiger partial charge in [0.25, 0.3) is 5.91 Å². The van der Waals surface area contributed by atoms with Crippen LogP contribution in [0.4, 0.5) is 0 Å². The minimum Gasteiger partial charge on any atom is -0.373 e. The number of amides is 1. The van der Waals surface area contributed by atoms with Crippen LogP contribution in [0.25, 0.3) is 0 Å². The van der Waals surface area contributed by atoms with E-state index in [1.807, 2.05) is 17.9 Å². The summed E-state index contributed by atoms with van der Waals surface area (Å²) in [5.41, 5.74) is 0. The van der Waals surface area contributed by atoms with Crippen LogP contribution in [0.5, 0.6) is 0 Å². The Kier molecular flexibility index (Phi) is 4.37. The zero-order chi connectivity index (χ0) is 16.5. The molecule has 6 nitrogen and oxygen atoms in total. The van der Waals surface area contributed by atoms with E-state index < -0.39 is 0 Å². The van der Waals surface area contributed by atoms with E-state index >= 15 is 0 Å². The van der Waals surface area contributed by atoms with Crippen LogP contribution < -0.4 is 0 Å². The SMILES string of the molecule is Cc1nc(C2CCN(C(=O)c3ccc(C4CCCO4)s3)CC2)n[nH]1. The number of aromatic nitrogens is 3. The van der Waals surface area contributed by atoms with Crippen LogP contribution in [0.3, 0.4) is 0 Å². The minimum absolute atomic E-state index is 0.147. The number of hydrogen-bond acceptors (Lipinski definition) is 5. The molecule has 1 amide bonds. The normalized spacial score (nSPS) is 22.2. The number of carbonyl (C=O) groups excluding carboxylic acids is 1. The number of aryl methyl sites for hydroxylation is 1. The van der Waals surface area contributed by atoms with Gasteiger partial charge in [-0.2, -0.15) is 5.10 Å². The third-order valence-corrected chi connectivity index (χ3v) is 6.01. The summed E-state index contributed by atoms with van der Waals surface area (Å²) in [5, 5.41) is 7.17. The Morgan fingerprint density at radius 2 is 2.17 bits per heavy atom. The van der Waals surface area contributed by atoms with E-state index in [2.05, 4.69) is 21.2 Å². The second-order valence-electron chi connectivity index (χ2n) is 6.55. The molecule has 4 rings (SSSR count). The summed E-state index contributed by atoms with van der Waals surface area (Å²) in [6, 6.07) is 4.01. The molecule has 0 bridgehead atoms. The maximum absolute atomic E-state index is 12.7. The van der Waals surface area contributed by atoms with Crippen LogP contribution >= 0.6 is 11.3 Å². The van der Waals surface area contributed by atoms with Gasteiger partial charge in [0, 0.05) is 30.5 Å². The number of hydrogen-bond donors (Lipinski definition) is 1. The minimum atomic E-state index is 0.147. The number of aromatic amines is 1. The van der Waals surface area contributed by atoms with E-state index in [-0.39, 0.29) is 12.0 Å². The Balaban J connectivity index is 1.37. The average Bonchev–Trinajstić information content (AvgIpc) is 3.35. The standard InChI is InChI=1S/C17H22N4O2S/c1-11-18-16(20-19-11)12-6-8-21(9-7-12)17(22)15-5-4-14(24-15)13-3-2-10-23-13/h4-5,12-13H,2-3,6-10H2,1H3,(H,18,19,20). The maximum atomic E-state index is 12.7. The van der Waals surface area contributed by atoms with Crippen LogP contribution in [0.1, 0.15) is 63.9 Å². The highest BCUT2D eigenvalue weighted by molar-refractivity contribution is 7.14. The fourth-order valence-corrected chi connectivity index (χ4v) is 4.54. The molecule has 0 aliphatic carbocycles. The summed E-state index contributed by atoms with van der Waals surface area (Å²) in [4.78, 5) is 21.1. The molecule has 2 aliphatic heterocycles. The van der Waals surface area contributed by atoms with E-state index in [1.165, 1.54) is 4.88 Å². The Morgan fingerprint density at radius 1 is 1.33 bits per heavy atom. The van der Waals surface area contributed by atoms with Gasteiger partial charge in [0.1, 0.15) is 5.82 Å². The second kappa shape index (κ2) is 6.64. The molecule has 24 heavy (non-hydrogen) atoms. The topological polar surface area (TPSA) is 71.1 Å². The summed E-state index contributed by atoms with van der Waals surface area (Å²) in [6.45, 7) is 4.28. The fraction of sp³-hybridized carbons (Fsp3) is 0.588. The highest BCUT2D eigenvalue weighted by Gasteiger charge is 2.28. The first-order valence-corrected chi connectivity index (χ1v) is 9.42. The van der Waals surface area contributed by atoms with Crippen molar-refractivity contribution in [3.8, 4) is 0 Å². The largest absolute Gasteiger partial charge is 0.373 e. The van der Waals surface area contributed by atoms with Crippen molar-refractivity contribution >= 4 is 17.2 Å². The molecular formula is C17H22N4O2S. The van der Waals surface area contributed by atoms with Gasteiger partial charge in [0.05, 0.1) is 11.0 Å². The molecule has 2 fully saturated rings. The monoisotopic (exact) mass is 346 g/mol. The van der Waals surface area contributed by atoms with Crippen molar-refractivity contribution in [1.82, 2.24) is 20.1 Å². The summed E-state index contributed by atoms with van der Waals surface area (Å²) >= 11 is 1.59. The van der Waals surface area contributed by atoms with Gasteiger partial charge in [-0.25, -0.2) is 4.98 Å². The molecule has 4 heterocycles. The van der Waals surface area contributed by atoms with E-state index in [0.717, 1.165) is 61.9 Å². The van der Waals surface area contributed by atoms with E-state index in [9.17, 15) is 4.79 Å². The molecule has 0 radical (unpaired) electrons. The van der Waals surface area contributed by atoms with Gasteiger partial charge in [-0.15, -0.1) is 11.3 Å². The first-order chi connectivity index (χ1) is 11.7. The van der Waals surface area contributed by atoms with Gasteiger partial charge in [-0.05, 0) is 44.7 Å². The summed E-state index contributed by atoms with van der Waals surface area (Å²) < 4.78 is 5.71. The maximum Gasteiger partial charge on any atom is 0.263 e. The lowest BCUT2D eigenvalue weighted by Crippen LogP contribution is -2.37. The van der Waals surface area contributed by atoms with Gasteiger partial charge in [-0.1, -0.05) is 0 Å². The number of nitrogens with zero attached hydrogens (tertiary/aromatic N) is 3. The predicted octanol–water partition coefficient (Wildman–Crippen LogP) is 3.05. The molecule has 0 spiro atoms. The number of carbonyl (C=O) groups is 1. The van der Waals surface area contributed by atoms with Gasteiger partial charge >= 0.3 is 0 Å². The van der Waals surface area contributed by atoms with Crippen LogP contribution in [-0.2, 0) is 4.74 Å². The van der Waals surface area contributed by atoms with E-state index in [0.29, 0.717) is 5.92 Å². The third-order valence-electron chi connectivity index (χ3n) is 4.85. The number of H-pyrrole nitrogens is 1. The van der Waals surface area contributed by atoms with Crippen LogP contribution in [-0.4, -0.2) is 45.7 Å². The number of thiophene rings is 1. The highest BCUT2D eigenvalue weighted by atomic mass is 32.1. The first-order valence-electron chi connectivity index (χ1n) is 8.60. The molecule has 0 aromatic carbocycles. The van der Waals surface area contributed by atoms with E-state index in [1.54, 1.807) is 11.3 Å². The molecule has 7 heteroatoms. The number of nitrogens with one attached hydrogen (secondary N) is 1. The van der Waals surface area contributed by atoms with Gasteiger partial charge in [-0.3, -0.25) is 9.89 Å². The van der Waals surface area contributed by atoms with Crippen LogP contribution in [0.2, 0.25) is 0 Å². The molecule has 0 saturated carbocycles. The van der Waals surface area contributed by atoms with Crippen molar-refractivity contribution in [3.63, 3.8) is 0 Å². The molecule has 2 aromatic rings. The summed E-state index contributed by atoms with van der Waals surface area (Å²) in [6.07, 6.45) is 4.21. The molecule has 1 unspecified atom stereocenters. The number of piperidine rings is 1. The quantitative estimate of drug-likeness (QED) is 0.927. The predicted molar refractivity (Wildman–Crippen MR) is 91.2 cm³/mol. The Labute approximate surface area is 145 Å². The van der Waals surface area contributed by atoms with Crippen molar-refractivity contribution < 1.29 is 9.53 Å². The van der Waals surface area contributed by atoms with Crippen molar-refractivity contribution in [2.75, 3.05) is 19.7 Å². The van der Waals surface area contributed by atoms with Crippen molar-refractivity contribution in [2.24, 2.45) is 0 Å². The molecule has 2 saturated heterocycles. The van der Waals surface area contributed by atoms with Crippen molar-refractivity contribution in [1.29, 1.82) is 0 Å². The smallest absolute Gasteiger partial charge is 0.263 e. The Morgan fingerprint density at radius 3 is 2.83 bits per heavy atom. The zero-order valence-corrected chi connectivity index (χ0v) is 14.6. The number of likely N-dealkylation sites (tertiary alicyclic amines) is 1. The third kappa shape index (κ3) is 3.10. The van der Waals surface area contributed by atoms with E-state index in [4.69, 9.17) is 4.74 Å². The lowest BCUT2D eigenvalue weighted by molar-refractivity contribution is 0.0716. The summed E-state index contributed by atoms with van der Waals surface area (Å²) in [5.74, 6) is 2.23.